The molecule has 112 valence electrons. The van der Waals surface area contributed by atoms with Crippen molar-refractivity contribution in [2.45, 2.75) is 58.8 Å². The Labute approximate surface area is 122 Å². The van der Waals surface area contributed by atoms with E-state index in [1.807, 2.05) is 0 Å². The Hall–Kier alpha value is -0.760. The number of methoxy groups -OCH3 is 1. The molecular weight excluding hydrogens is 248 g/mol. The van der Waals surface area contributed by atoms with Crippen molar-refractivity contribution in [3.8, 4) is 0 Å². The summed E-state index contributed by atoms with van der Waals surface area (Å²) in [6.45, 7) is 5.09. The van der Waals surface area contributed by atoms with E-state index in [0.717, 1.165) is 18.6 Å². The van der Waals surface area contributed by atoms with Gasteiger partial charge in [-0.15, -0.1) is 0 Å². The van der Waals surface area contributed by atoms with E-state index in [9.17, 15) is 5.11 Å². The molecule has 0 aromatic carbocycles. The van der Waals surface area contributed by atoms with Gasteiger partial charge < -0.3 is 9.84 Å². The summed E-state index contributed by atoms with van der Waals surface area (Å²) in [5, 5.41) is 9.95. The van der Waals surface area contributed by atoms with Crippen LogP contribution in [0.4, 0.5) is 0 Å². The smallest absolute Gasteiger partial charge is 0.0959 e. The molecule has 0 bridgehead atoms. The Bertz CT molecular complexity index is 462. The lowest BCUT2D eigenvalue weighted by Crippen LogP contribution is -2.48. The van der Waals surface area contributed by atoms with Crippen LogP contribution < -0.4 is 0 Å². The minimum Gasteiger partial charge on any atom is -0.501 e. The summed E-state index contributed by atoms with van der Waals surface area (Å²) in [6.07, 6.45) is 10.5. The lowest BCUT2D eigenvalue weighted by Gasteiger charge is -2.56. The van der Waals surface area contributed by atoms with Gasteiger partial charge in [-0.25, -0.2) is 0 Å². The lowest BCUT2D eigenvalue weighted by atomic mass is 9.49. The molecule has 0 radical (unpaired) electrons. The fourth-order valence-electron chi connectivity index (χ4n) is 5.26. The first-order valence-corrected chi connectivity index (χ1v) is 8.09. The normalized spacial score (nSPS) is 40.8. The van der Waals surface area contributed by atoms with E-state index >= 15 is 0 Å². The van der Waals surface area contributed by atoms with Crippen LogP contribution in [0.3, 0.4) is 0 Å². The predicted octanol–water partition coefficient (Wildman–Crippen LogP) is 4.21. The SMILES string of the molecule is COC1=CCC2=C(C1)[C@]1(C)CCC[C@](C)(CO)[C@H]1CC2. The summed E-state index contributed by atoms with van der Waals surface area (Å²) in [6, 6.07) is 0. The van der Waals surface area contributed by atoms with Crippen molar-refractivity contribution in [1.82, 2.24) is 0 Å². The Morgan fingerprint density at radius 3 is 2.85 bits per heavy atom. The molecule has 0 aromatic rings. The zero-order chi connectivity index (χ0) is 14.4. The molecule has 3 aliphatic rings. The molecule has 0 saturated heterocycles. The maximum absolute atomic E-state index is 9.95. The van der Waals surface area contributed by atoms with E-state index in [2.05, 4.69) is 19.9 Å². The highest BCUT2D eigenvalue weighted by Gasteiger charge is 2.52. The number of aliphatic hydroxyl groups excluding tert-OH is 1. The van der Waals surface area contributed by atoms with Crippen molar-refractivity contribution >= 4 is 0 Å². The van der Waals surface area contributed by atoms with Crippen molar-refractivity contribution in [2.75, 3.05) is 13.7 Å². The highest BCUT2D eigenvalue weighted by atomic mass is 16.5. The first kappa shape index (κ1) is 14.2. The van der Waals surface area contributed by atoms with Gasteiger partial charge in [-0.05, 0) is 54.9 Å². The second kappa shape index (κ2) is 4.91. The predicted molar refractivity (Wildman–Crippen MR) is 81.2 cm³/mol. The van der Waals surface area contributed by atoms with E-state index in [0.29, 0.717) is 12.5 Å². The van der Waals surface area contributed by atoms with Gasteiger partial charge in [0.15, 0.2) is 0 Å². The first-order valence-electron chi connectivity index (χ1n) is 8.09. The second-order valence-electron chi connectivity index (χ2n) is 7.51. The van der Waals surface area contributed by atoms with E-state index in [1.54, 1.807) is 18.3 Å². The number of aliphatic hydroxyl groups is 1. The topological polar surface area (TPSA) is 29.5 Å². The number of ether oxygens (including phenoxy) is 1. The zero-order valence-corrected chi connectivity index (χ0v) is 13.2. The van der Waals surface area contributed by atoms with Crippen LogP contribution in [0, 0.1) is 16.7 Å². The highest BCUT2D eigenvalue weighted by Crippen LogP contribution is 2.61. The van der Waals surface area contributed by atoms with Gasteiger partial charge in [0, 0.05) is 13.0 Å². The maximum Gasteiger partial charge on any atom is 0.0959 e. The molecule has 2 nitrogen and oxygen atoms in total. The van der Waals surface area contributed by atoms with Crippen LogP contribution in [-0.4, -0.2) is 18.8 Å². The standard InChI is InChI=1S/C18H28O2/c1-17(12-19)9-4-10-18(2)15-11-14(20-3)7-5-13(15)6-8-16(17)18/h7,16,19H,4-6,8-12H2,1-3H3/t16-,17-,18+/m1/s1. The molecule has 1 N–H and O–H groups in total. The van der Waals surface area contributed by atoms with Gasteiger partial charge in [0.25, 0.3) is 0 Å². The average molecular weight is 276 g/mol. The second-order valence-corrected chi connectivity index (χ2v) is 7.51. The summed E-state index contributed by atoms with van der Waals surface area (Å²) in [5.74, 6) is 1.77. The summed E-state index contributed by atoms with van der Waals surface area (Å²) in [7, 11) is 1.79. The van der Waals surface area contributed by atoms with Gasteiger partial charge in [0.2, 0.25) is 0 Å². The van der Waals surface area contributed by atoms with Crippen LogP contribution >= 0.6 is 0 Å². The Balaban J connectivity index is 1.97. The molecular formula is C18H28O2. The quantitative estimate of drug-likeness (QED) is 0.766. The van der Waals surface area contributed by atoms with Gasteiger partial charge in [-0.3, -0.25) is 0 Å². The van der Waals surface area contributed by atoms with Crippen molar-refractivity contribution in [3.05, 3.63) is 23.0 Å². The third kappa shape index (κ3) is 1.95. The van der Waals surface area contributed by atoms with E-state index in [-0.39, 0.29) is 10.8 Å². The number of hydrogen-bond donors (Lipinski definition) is 1. The third-order valence-corrected chi connectivity index (χ3v) is 6.46. The maximum atomic E-state index is 9.95. The van der Waals surface area contributed by atoms with Gasteiger partial charge in [-0.2, -0.15) is 0 Å². The molecule has 20 heavy (non-hydrogen) atoms. The Kier molecular flexibility index (Phi) is 3.48. The van der Waals surface area contributed by atoms with E-state index in [1.165, 1.54) is 32.1 Å². The molecule has 0 unspecified atom stereocenters. The Morgan fingerprint density at radius 2 is 2.15 bits per heavy atom. The molecule has 3 rings (SSSR count). The summed E-state index contributed by atoms with van der Waals surface area (Å²) in [5.41, 5.74) is 3.69. The van der Waals surface area contributed by atoms with Crippen LogP contribution in [0.25, 0.3) is 0 Å². The van der Waals surface area contributed by atoms with Crippen molar-refractivity contribution in [2.24, 2.45) is 16.7 Å². The number of hydrogen-bond acceptors (Lipinski definition) is 2. The van der Waals surface area contributed by atoms with Crippen LogP contribution in [0.2, 0.25) is 0 Å². The molecule has 0 spiro atoms. The van der Waals surface area contributed by atoms with Crippen LogP contribution in [-0.2, 0) is 4.74 Å². The fourth-order valence-corrected chi connectivity index (χ4v) is 5.26. The average Bonchev–Trinajstić information content (AvgIpc) is 2.46. The van der Waals surface area contributed by atoms with E-state index in [4.69, 9.17) is 4.74 Å². The van der Waals surface area contributed by atoms with Crippen molar-refractivity contribution < 1.29 is 9.84 Å². The summed E-state index contributed by atoms with van der Waals surface area (Å²) < 4.78 is 5.52. The third-order valence-electron chi connectivity index (χ3n) is 6.46. The molecule has 0 aliphatic heterocycles. The minimum atomic E-state index is 0.111. The molecule has 0 heterocycles. The number of allylic oxidation sites excluding steroid dienone is 3. The molecule has 1 fully saturated rings. The summed E-state index contributed by atoms with van der Waals surface area (Å²) >= 11 is 0. The first-order chi connectivity index (χ1) is 9.53. The summed E-state index contributed by atoms with van der Waals surface area (Å²) in [4.78, 5) is 0. The van der Waals surface area contributed by atoms with E-state index < -0.39 is 0 Å². The van der Waals surface area contributed by atoms with Crippen LogP contribution in [0.1, 0.15) is 58.8 Å². The van der Waals surface area contributed by atoms with Gasteiger partial charge in [-0.1, -0.05) is 31.4 Å². The van der Waals surface area contributed by atoms with Crippen molar-refractivity contribution in [3.63, 3.8) is 0 Å². The zero-order valence-electron chi connectivity index (χ0n) is 13.2. The number of fused-ring (bicyclic) bond motifs is 2. The molecule has 2 heteroatoms. The molecule has 1 saturated carbocycles. The molecule has 3 aliphatic carbocycles. The molecule has 0 amide bonds. The monoisotopic (exact) mass is 276 g/mol. The van der Waals surface area contributed by atoms with Gasteiger partial charge in [0.1, 0.15) is 0 Å². The Morgan fingerprint density at radius 1 is 1.35 bits per heavy atom. The van der Waals surface area contributed by atoms with Gasteiger partial charge >= 0.3 is 0 Å². The largest absolute Gasteiger partial charge is 0.501 e. The number of rotatable bonds is 2. The molecule has 0 aromatic heterocycles. The molecule has 3 atom stereocenters. The highest BCUT2D eigenvalue weighted by molar-refractivity contribution is 5.35. The minimum absolute atomic E-state index is 0.111. The van der Waals surface area contributed by atoms with Crippen molar-refractivity contribution in [1.29, 1.82) is 0 Å². The van der Waals surface area contributed by atoms with Crippen LogP contribution in [0.5, 0.6) is 0 Å². The van der Waals surface area contributed by atoms with Crippen LogP contribution in [0.15, 0.2) is 23.0 Å². The fraction of sp³-hybridized carbons (Fsp3) is 0.778. The lowest BCUT2D eigenvalue weighted by molar-refractivity contribution is -0.0395. The van der Waals surface area contributed by atoms with Gasteiger partial charge in [0.05, 0.1) is 12.9 Å².